The number of thioether (sulfide) groups is 1. The van der Waals surface area contributed by atoms with Gasteiger partial charge in [0.25, 0.3) is 10.0 Å². The van der Waals surface area contributed by atoms with Crippen molar-refractivity contribution in [2.24, 2.45) is 0 Å². The van der Waals surface area contributed by atoms with Gasteiger partial charge >= 0.3 is 0 Å². The molecule has 0 saturated carbocycles. The Bertz CT molecular complexity index is 1490. The first kappa shape index (κ1) is 58.8. The van der Waals surface area contributed by atoms with Crippen LogP contribution in [-0.2, 0) is 13.1 Å². The van der Waals surface area contributed by atoms with E-state index in [9.17, 15) is 0 Å². The molecule has 2 aromatic rings. The number of aromatic nitrogens is 2. The van der Waals surface area contributed by atoms with Crippen LogP contribution in [0.15, 0.2) is 45.1 Å². The van der Waals surface area contributed by atoms with Gasteiger partial charge in [-0.1, -0.05) is 216 Å². The van der Waals surface area contributed by atoms with Crippen molar-refractivity contribution in [3.8, 4) is 0 Å². The highest BCUT2D eigenvalue weighted by Crippen LogP contribution is 2.35. The summed E-state index contributed by atoms with van der Waals surface area (Å²) in [5.41, 5.74) is 5.52. The zero-order valence-electron chi connectivity index (χ0n) is 40.2. The predicted molar refractivity (Wildman–Crippen MR) is 267 cm³/mol. The van der Waals surface area contributed by atoms with Crippen molar-refractivity contribution >= 4 is 46.1 Å². The molecule has 1 aliphatic rings. The summed E-state index contributed by atoms with van der Waals surface area (Å²) in [6, 6.07) is 0. The van der Waals surface area contributed by atoms with Crippen molar-refractivity contribution < 1.29 is 57.1 Å². The third kappa shape index (κ3) is 25.4. The lowest BCUT2D eigenvalue weighted by molar-refractivity contribution is -0.700. The maximum atomic E-state index is 2.62. The SMILES string of the molecule is CCCCCCCCCCCCN1C(C)=CS\C1=C/C=C(\C=C\c1scc(C)[n+]1CCCCCCCCCCCC)c1scc(C)[n+]1CCCCCCCCCCCC.[I-].[I-]. The molecule has 0 atom stereocenters. The second-order valence-electron chi connectivity index (χ2n) is 17.7. The smallest absolute Gasteiger partial charge is 0.269 e. The lowest BCUT2D eigenvalue weighted by Crippen LogP contribution is -3.00. The van der Waals surface area contributed by atoms with Gasteiger partial charge in [0.1, 0.15) is 13.1 Å². The largest absolute Gasteiger partial charge is 1.00 e. The van der Waals surface area contributed by atoms with Crippen LogP contribution in [0.1, 0.15) is 242 Å². The van der Waals surface area contributed by atoms with E-state index in [4.69, 9.17) is 0 Å². The maximum Gasteiger partial charge on any atom is 0.269 e. The van der Waals surface area contributed by atoms with E-state index in [-0.39, 0.29) is 48.0 Å². The average molecular weight is 1120 g/mol. The number of unbranched alkanes of at least 4 members (excludes halogenated alkanes) is 27. The molecule has 61 heavy (non-hydrogen) atoms. The Balaban J connectivity index is 0.00000930. The van der Waals surface area contributed by atoms with Crippen LogP contribution in [0.3, 0.4) is 0 Å². The van der Waals surface area contributed by atoms with Crippen LogP contribution in [0.25, 0.3) is 11.6 Å². The van der Waals surface area contributed by atoms with E-state index in [2.05, 4.69) is 96.0 Å². The number of hydrogen-bond donors (Lipinski definition) is 0. The summed E-state index contributed by atoms with van der Waals surface area (Å²) in [5.74, 6) is 0. The fourth-order valence-corrected chi connectivity index (χ4v) is 11.3. The number of nitrogens with zero attached hydrogens (tertiary/aromatic N) is 3. The molecule has 3 nitrogen and oxygen atoms in total. The first-order valence-corrected chi connectivity index (χ1v) is 27.8. The van der Waals surface area contributed by atoms with Gasteiger partial charge in [-0.25, -0.2) is 0 Å². The molecule has 0 fully saturated rings. The highest BCUT2D eigenvalue weighted by Gasteiger charge is 2.22. The topological polar surface area (TPSA) is 11.0 Å². The molecule has 0 saturated heterocycles. The zero-order valence-corrected chi connectivity index (χ0v) is 47.0. The van der Waals surface area contributed by atoms with Crippen LogP contribution in [0.2, 0.25) is 0 Å². The summed E-state index contributed by atoms with van der Waals surface area (Å²) in [4.78, 5) is 2.58. The minimum atomic E-state index is 0. The molecule has 0 aromatic carbocycles. The molecule has 0 spiro atoms. The van der Waals surface area contributed by atoms with E-state index in [0.717, 1.165) is 19.6 Å². The van der Waals surface area contributed by atoms with Crippen molar-refractivity contribution in [1.82, 2.24) is 4.90 Å². The highest BCUT2D eigenvalue weighted by atomic mass is 127. The lowest BCUT2D eigenvalue weighted by Gasteiger charge is -2.21. The number of hydrogen-bond acceptors (Lipinski definition) is 4. The summed E-state index contributed by atoms with van der Waals surface area (Å²) >= 11 is 5.74. The fraction of sp³-hybridized carbons (Fsp3) is 0.736. The van der Waals surface area contributed by atoms with Crippen LogP contribution in [0.4, 0.5) is 0 Å². The van der Waals surface area contributed by atoms with Crippen molar-refractivity contribution in [3.05, 3.63) is 66.5 Å². The molecule has 0 aliphatic carbocycles. The van der Waals surface area contributed by atoms with E-state index in [0.29, 0.717) is 0 Å². The van der Waals surface area contributed by atoms with Crippen molar-refractivity contribution in [3.63, 3.8) is 0 Å². The number of allylic oxidation sites excluding steroid dienone is 5. The summed E-state index contributed by atoms with van der Waals surface area (Å²) in [6.07, 6.45) is 51.2. The summed E-state index contributed by atoms with van der Waals surface area (Å²) in [5, 5.41) is 11.3. The standard InChI is InChI=1S/C53H91N3S3.2HI/c1-7-10-13-16-19-22-25-28-31-34-41-54-47(4)44-57-51(54)39-37-50(53-56(49(6)46-59-53)43-36-33-30-27-24-21-18-15-12-9-3)38-40-52-55(48(5)45-58-52)42-35-32-29-26-23-20-17-14-11-8-2;;/h37-40,44-46H,7-36,41-43H2,1-6H3;2*1H/q+2;;/p-2. The van der Waals surface area contributed by atoms with Crippen LogP contribution in [0.5, 0.6) is 0 Å². The van der Waals surface area contributed by atoms with Gasteiger partial charge in [-0.15, -0.1) is 0 Å². The van der Waals surface area contributed by atoms with Crippen LogP contribution in [-0.4, -0.2) is 11.4 Å². The second kappa shape index (κ2) is 39.0. The Labute approximate surface area is 424 Å². The van der Waals surface area contributed by atoms with Gasteiger partial charge in [0.05, 0.1) is 21.4 Å². The minimum Gasteiger partial charge on any atom is -1.00 e. The molecule has 0 amide bonds. The molecular formula is C53H91I2N3S3. The highest BCUT2D eigenvalue weighted by molar-refractivity contribution is 8.06. The normalized spacial score (nSPS) is 13.7. The Hall–Kier alpha value is -0.170. The number of rotatable bonds is 37. The third-order valence-corrected chi connectivity index (χ3v) is 15.6. The Morgan fingerprint density at radius 1 is 0.525 bits per heavy atom. The molecule has 0 unspecified atom stereocenters. The number of aryl methyl sites for hydroxylation is 2. The minimum absolute atomic E-state index is 0. The van der Waals surface area contributed by atoms with Crippen molar-refractivity contribution in [2.45, 2.75) is 247 Å². The molecule has 2 aromatic heterocycles. The van der Waals surface area contributed by atoms with E-state index >= 15 is 0 Å². The quantitative estimate of drug-likeness (QED) is 0.0289. The first-order valence-electron chi connectivity index (χ1n) is 25.2. The van der Waals surface area contributed by atoms with Gasteiger partial charge in [0, 0.05) is 45.0 Å². The maximum absolute atomic E-state index is 2.62. The molecule has 0 radical (unpaired) electrons. The molecule has 0 bridgehead atoms. The van der Waals surface area contributed by atoms with E-state index in [1.165, 1.54) is 230 Å². The number of thiazole rings is 2. The molecule has 1 aliphatic heterocycles. The van der Waals surface area contributed by atoms with Gasteiger partial charge in [-0.3, -0.25) is 0 Å². The van der Waals surface area contributed by atoms with Crippen LogP contribution < -0.4 is 57.1 Å². The number of halogens is 2. The summed E-state index contributed by atoms with van der Waals surface area (Å²) in [6.45, 7) is 17.2. The van der Waals surface area contributed by atoms with Crippen LogP contribution in [0, 0.1) is 13.8 Å². The first-order chi connectivity index (χ1) is 29.0. The van der Waals surface area contributed by atoms with Gasteiger partial charge < -0.3 is 52.9 Å². The molecule has 0 N–H and O–H groups in total. The van der Waals surface area contributed by atoms with E-state index in [1.807, 2.05) is 34.4 Å². The Morgan fingerprint density at radius 3 is 1.43 bits per heavy atom. The Morgan fingerprint density at radius 2 is 0.934 bits per heavy atom. The molecule has 350 valence electrons. The molecule has 3 heterocycles. The predicted octanol–water partition coefficient (Wildman–Crippen LogP) is 11.6. The van der Waals surface area contributed by atoms with Gasteiger partial charge in [0.15, 0.2) is 11.4 Å². The van der Waals surface area contributed by atoms with E-state index < -0.39 is 0 Å². The third-order valence-electron chi connectivity index (χ3n) is 12.4. The lowest BCUT2D eigenvalue weighted by atomic mass is 10.1. The fourth-order valence-electron chi connectivity index (χ4n) is 8.45. The van der Waals surface area contributed by atoms with Gasteiger partial charge in [-0.05, 0) is 49.8 Å². The van der Waals surface area contributed by atoms with Crippen molar-refractivity contribution in [2.75, 3.05) is 6.54 Å². The summed E-state index contributed by atoms with van der Waals surface area (Å²) < 4.78 is 5.20. The monoisotopic (exact) mass is 1120 g/mol. The second-order valence-corrected chi connectivity index (χ2v) is 20.4. The molecular weight excluding hydrogens is 1030 g/mol. The molecule has 3 rings (SSSR count). The van der Waals surface area contributed by atoms with Crippen LogP contribution >= 0.6 is 34.4 Å². The molecule has 8 heteroatoms. The van der Waals surface area contributed by atoms with Crippen molar-refractivity contribution in [1.29, 1.82) is 0 Å². The zero-order chi connectivity index (χ0) is 42.2. The van der Waals surface area contributed by atoms with E-state index in [1.54, 1.807) is 0 Å². The summed E-state index contributed by atoms with van der Waals surface area (Å²) in [7, 11) is 0. The van der Waals surface area contributed by atoms with Gasteiger partial charge in [0.2, 0.25) is 0 Å². The van der Waals surface area contributed by atoms with Gasteiger partial charge in [-0.2, -0.15) is 9.13 Å². The Kier molecular flexibility index (Phi) is 37.7. The average Bonchev–Trinajstić information content (AvgIpc) is 3.91.